The fourth-order valence-corrected chi connectivity index (χ4v) is 5.15. The van der Waals surface area contributed by atoms with E-state index >= 15 is 0 Å². The number of nitrogens with zero attached hydrogens (tertiary/aromatic N) is 1. The number of carbonyl (C=O) groups is 2. The van der Waals surface area contributed by atoms with Crippen molar-refractivity contribution < 1.29 is 9.59 Å². The van der Waals surface area contributed by atoms with E-state index in [4.69, 9.17) is 0 Å². The number of nitrogens with one attached hydrogen (secondary N) is 4. The highest BCUT2D eigenvalue weighted by molar-refractivity contribution is 7.17. The predicted molar refractivity (Wildman–Crippen MR) is 122 cm³/mol. The highest BCUT2D eigenvalue weighted by Gasteiger charge is 2.34. The number of anilines is 2. The maximum absolute atomic E-state index is 13.1. The molecule has 0 radical (unpaired) electrons. The van der Waals surface area contributed by atoms with Gasteiger partial charge in [-0.25, -0.2) is 4.98 Å². The Labute approximate surface area is 185 Å². The zero-order chi connectivity index (χ0) is 22.0. The first-order valence-electron chi connectivity index (χ1n) is 11.0. The molecule has 1 saturated carbocycles. The van der Waals surface area contributed by atoms with Gasteiger partial charge < -0.3 is 16.0 Å². The van der Waals surface area contributed by atoms with Crippen LogP contribution in [0, 0.1) is 12.8 Å². The first-order chi connectivity index (χ1) is 14.9. The van der Waals surface area contributed by atoms with Gasteiger partial charge in [-0.1, -0.05) is 13.3 Å². The number of unbranched alkanes of at least 4 members (excludes halogenated alkanes) is 1. The summed E-state index contributed by atoms with van der Waals surface area (Å²) < 4.78 is 0. The molecule has 9 heteroatoms. The van der Waals surface area contributed by atoms with Crippen molar-refractivity contribution in [2.75, 3.05) is 17.2 Å². The topological polar surface area (TPSA) is 116 Å². The summed E-state index contributed by atoms with van der Waals surface area (Å²) in [7, 11) is 0. The summed E-state index contributed by atoms with van der Waals surface area (Å²) >= 11 is 1.52. The molecule has 2 aromatic rings. The van der Waals surface area contributed by atoms with Gasteiger partial charge in [-0.15, -0.1) is 11.3 Å². The van der Waals surface area contributed by atoms with E-state index in [1.54, 1.807) is 6.92 Å². The molecule has 31 heavy (non-hydrogen) atoms. The van der Waals surface area contributed by atoms with Gasteiger partial charge in [0, 0.05) is 35.1 Å². The smallest absolute Gasteiger partial charge is 0.254 e. The van der Waals surface area contributed by atoms with Gasteiger partial charge in [-0.05, 0) is 51.0 Å². The van der Waals surface area contributed by atoms with Crippen LogP contribution in [-0.4, -0.2) is 34.4 Å². The molecule has 4 rings (SSSR count). The van der Waals surface area contributed by atoms with Crippen LogP contribution in [0.3, 0.4) is 0 Å². The van der Waals surface area contributed by atoms with Gasteiger partial charge in [0.05, 0.1) is 5.56 Å². The summed E-state index contributed by atoms with van der Waals surface area (Å²) in [5.74, 6) is 0.413. The lowest BCUT2D eigenvalue weighted by atomic mass is 9.91. The second kappa shape index (κ2) is 9.21. The van der Waals surface area contributed by atoms with Crippen LogP contribution < -0.4 is 21.5 Å². The molecule has 1 atom stereocenters. The zero-order valence-electron chi connectivity index (χ0n) is 18.0. The fraction of sp³-hybridized carbons (Fsp3) is 0.545. The van der Waals surface area contributed by atoms with Crippen LogP contribution in [0.1, 0.15) is 65.5 Å². The first-order valence-corrected chi connectivity index (χ1v) is 11.8. The number of aromatic amines is 1. The fourth-order valence-electron chi connectivity index (χ4n) is 3.90. The molecule has 8 nitrogen and oxygen atoms in total. The SMILES string of the molecule is CCCCNC(=O)c1c(NC(=O)C2CC2)sc2c1CC(Nc1nc(C)cc(=O)[nH]1)CC2. The van der Waals surface area contributed by atoms with Crippen molar-refractivity contribution in [1.29, 1.82) is 0 Å². The summed E-state index contributed by atoms with van der Waals surface area (Å²) in [6, 6.07) is 1.50. The lowest BCUT2D eigenvalue weighted by molar-refractivity contribution is -0.117. The van der Waals surface area contributed by atoms with E-state index in [1.807, 2.05) is 0 Å². The van der Waals surface area contributed by atoms with Gasteiger partial charge in [0.25, 0.3) is 11.5 Å². The van der Waals surface area contributed by atoms with Crippen molar-refractivity contribution >= 4 is 34.1 Å². The maximum Gasteiger partial charge on any atom is 0.254 e. The minimum atomic E-state index is -0.192. The number of aryl methyl sites for hydroxylation is 2. The molecule has 1 unspecified atom stereocenters. The van der Waals surface area contributed by atoms with Crippen molar-refractivity contribution in [1.82, 2.24) is 15.3 Å². The normalized spacial score (nSPS) is 17.7. The van der Waals surface area contributed by atoms with Crippen molar-refractivity contribution in [3.63, 3.8) is 0 Å². The zero-order valence-corrected chi connectivity index (χ0v) is 18.8. The largest absolute Gasteiger partial charge is 0.353 e. The molecule has 0 aromatic carbocycles. The van der Waals surface area contributed by atoms with E-state index in [2.05, 4.69) is 32.8 Å². The van der Waals surface area contributed by atoms with Crippen LogP contribution in [0.5, 0.6) is 0 Å². The molecule has 2 amide bonds. The number of carbonyl (C=O) groups excluding carboxylic acids is 2. The summed E-state index contributed by atoms with van der Waals surface area (Å²) in [6.45, 7) is 4.48. The second-order valence-electron chi connectivity index (χ2n) is 8.40. The van der Waals surface area contributed by atoms with Crippen LogP contribution in [0.2, 0.25) is 0 Å². The summed E-state index contributed by atoms with van der Waals surface area (Å²) in [5, 5.41) is 10.0. The number of aromatic nitrogens is 2. The summed E-state index contributed by atoms with van der Waals surface area (Å²) in [4.78, 5) is 45.5. The number of fused-ring (bicyclic) bond motifs is 1. The lowest BCUT2D eigenvalue weighted by Crippen LogP contribution is -2.31. The van der Waals surface area contributed by atoms with Crippen LogP contribution in [0.25, 0.3) is 0 Å². The van der Waals surface area contributed by atoms with Crippen molar-refractivity contribution in [2.24, 2.45) is 5.92 Å². The molecular formula is C22H29N5O3S. The molecule has 0 bridgehead atoms. The monoisotopic (exact) mass is 443 g/mol. The van der Waals surface area contributed by atoms with Crippen LogP contribution in [0.15, 0.2) is 10.9 Å². The van der Waals surface area contributed by atoms with E-state index in [0.717, 1.165) is 49.0 Å². The third kappa shape index (κ3) is 5.15. The van der Waals surface area contributed by atoms with E-state index in [0.29, 0.717) is 35.2 Å². The molecule has 166 valence electrons. The molecule has 0 spiro atoms. The maximum atomic E-state index is 13.1. The van der Waals surface area contributed by atoms with Gasteiger partial charge in [-0.2, -0.15) is 0 Å². The number of amides is 2. The Morgan fingerprint density at radius 2 is 2.10 bits per heavy atom. The van der Waals surface area contributed by atoms with Crippen LogP contribution in [-0.2, 0) is 17.6 Å². The van der Waals surface area contributed by atoms with Crippen LogP contribution in [0.4, 0.5) is 10.9 Å². The van der Waals surface area contributed by atoms with E-state index in [1.165, 1.54) is 17.4 Å². The molecule has 1 fully saturated rings. The predicted octanol–water partition coefficient (Wildman–Crippen LogP) is 2.99. The Bertz CT molecular complexity index is 1040. The Balaban J connectivity index is 1.57. The Morgan fingerprint density at radius 1 is 1.29 bits per heavy atom. The molecular weight excluding hydrogens is 414 g/mol. The number of thiophene rings is 1. The van der Waals surface area contributed by atoms with E-state index < -0.39 is 0 Å². The van der Waals surface area contributed by atoms with E-state index in [-0.39, 0.29) is 29.3 Å². The van der Waals surface area contributed by atoms with Crippen LogP contribution >= 0.6 is 11.3 Å². The van der Waals surface area contributed by atoms with Crippen molar-refractivity contribution in [3.05, 3.63) is 38.1 Å². The molecule has 2 aliphatic carbocycles. The van der Waals surface area contributed by atoms with Crippen molar-refractivity contribution in [2.45, 2.75) is 64.8 Å². The molecule has 2 aliphatic rings. The average molecular weight is 444 g/mol. The number of hydrogen-bond donors (Lipinski definition) is 4. The third-order valence-corrected chi connectivity index (χ3v) is 6.91. The lowest BCUT2D eigenvalue weighted by Gasteiger charge is -2.24. The minimum Gasteiger partial charge on any atom is -0.353 e. The van der Waals surface area contributed by atoms with Gasteiger partial charge in [0.1, 0.15) is 5.00 Å². The van der Waals surface area contributed by atoms with Gasteiger partial charge >= 0.3 is 0 Å². The minimum absolute atomic E-state index is 0.0115. The second-order valence-corrected chi connectivity index (χ2v) is 9.51. The Kier molecular flexibility index (Phi) is 6.41. The van der Waals surface area contributed by atoms with Crippen molar-refractivity contribution in [3.8, 4) is 0 Å². The molecule has 0 aliphatic heterocycles. The standard InChI is InChI=1S/C22H29N5O3S/c1-3-4-9-23-20(30)18-15-11-14(25-22-24-12(2)10-17(28)26-22)7-8-16(15)31-21(18)27-19(29)13-5-6-13/h10,13-14H,3-9,11H2,1-2H3,(H,23,30)(H,27,29)(H2,24,25,26,28). The number of hydrogen-bond acceptors (Lipinski definition) is 6. The first kappa shape index (κ1) is 21.5. The Morgan fingerprint density at radius 3 is 2.81 bits per heavy atom. The molecule has 4 N–H and O–H groups in total. The Hall–Kier alpha value is -2.68. The number of H-pyrrole nitrogens is 1. The average Bonchev–Trinajstić information content (AvgIpc) is 3.49. The molecule has 0 saturated heterocycles. The van der Waals surface area contributed by atoms with Gasteiger partial charge in [0.15, 0.2) is 0 Å². The summed E-state index contributed by atoms with van der Waals surface area (Å²) in [6.07, 6.45) is 6.06. The highest BCUT2D eigenvalue weighted by atomic mass is 32.1. The molecule has 2 aromatic heterocycles. The summed E-state index contributed by atoms with van der Waals surface area (Å²) in [5.41, 5.74) is 2.05. The van der Waals surface area contributed by atoms with E-state index in [9.17, 15) is 14.4 Å². The van der Waals surface area contributed by atoms with Gasteiger partial charge in [-0.3, -0.25) is 19.4 Å². The van der Waals surface area contributed by atoms with Gasteiger partial charge in [0.2, 0.25) is 11.9 Å². The quantitative estimate of drug-likeness (QED) is 0.468. The highest BCUT2D eigenvalue weighted by Crippen LogP contribution is 2.40. The third-order valence-electron chi connectivity index (χ3n) is 5.70. The number of rotatable bonds is 8. The molecule has 2 heterocycles.